The quantitative estimate of drug-likeness (QED) is 0.490. The molecule has 1 aliphatic heterocycles. The molecule has 1 saturated heterocycles. The van der Waals surface area contributed by atoms with Gasteiger partial charge in [-0.3, -0.25) is 9.88 Å². The largest absolute Gasteiger partial charge is 0.322 e. The Kier molecular flexibility index (Phi) is 7.63. The van der Waals surface area contributed by atoms with Gasteiger partial charge in [0.25, 0.3) is 0 Å². The Balaban J connectivity index is 1.43. The number of rotatable bonds is 6. The molecule has 32 heavy (non-hydrogen) atoms. The van der Waals surface area contributed by atoms with Crippen molar-refractivity contribution >= 4 is 29.2 Å². The summed E-state index contributed by atoms with van der Waals surface area (Å²) in [5.74, 6) is 0. The lowest BCUT2D eigenvalue weighted by atomic mass is 10.1. The molecule has 0 atom stereocenters. The van der Waals surface area contributed by atoms with Gasteiger partial charge in [-0.1, -0.05) is 47.5 Å². The Morgan fingerprint density at radius 1 is 0.812 bits per heavy atom. The maximum Gasteiger partial charge on any atom is 0.320 e. The highest BCUT2D eigenvalue weighted by Crippen LogP contribution is 2.19. The van der Waals surface area contributed by atoms with E-state index in [1.165, 1.54) is 5.56 Å². The standard InChI is InChI=1S/C25H26Cl2N4O/c26-23-5-1-3-21(15-23)18-31(19-22-4-2-6-24(27)16-22)25(32)30-13-11-29(12-14-30)17-20-7-9-28-10-8-20/h1-10,15-16H,11-14,17-19H2. The first-order valence-electron chi connectivity index (χ1n) is 10.7. The van der Waals surface area contributed by atoms with Gasteiger partial charge >= 0.3 is 6.03 Å². The van der Waals surface area contributed by atoms with Crippen LogP contribution in [0.3, 0.4) is 0 Å². The molecule has 2 heterocycles. The third-order valence-corrected chi connectivity index (χ3v) is 6.06. The van der Waals surface area contributed by atoms with Crippen LogP contribution in [0.1, 0.15) is 16.7 Å². The molecule has 2 amide bonds. The lowest BCUT2D eigenvalue weighted by Gasteiger charge is -2.37. The molecule has 0 N–H and O–H groups in total. The first kappa shape index (κ1) is 22.6. The molecule has 2 aromatic carbocycles. The number of hydrogen-bond donors (Lipinski definition) is 0. The number of halogens is 2. The van der Waals surface area contributed by atoms with E-state index in [0.29, 0.717) is 36.2 Å². The summed E-state index contributed by atoms with van der Waals surface area (Å²) in [4.78, 5) is 23.8. The summed E-state index contributed by atoms with van der Waals surface area (Å²) in [5, 5.41) is 1.34. The molecule has 0 bridgehead atoms. The van der Waals surface area contributed by atoms with Crippen LogP contribution in [0.2, 0.25) is 10.0 Å². The van der Waals surface area contributed by atoms with Gasteiger partial charge in [0, 0.05) is 68.3 Å². The predicted octanol–water partition coefficient (Wildman–Crippen LogP) is 5.33. The van der Waals surface area contributed by atoms with E-state index in [1.54, 1.807) is 0 Å². The molecule has 1 aromatic heterocycles. The minimum Gasteiger partial charge on any atom is -0.322 e. The molecular formula is C25H26Cl2N4O. The van der Waals surface area contributed by atoms with E-state index in [-0.39, 0.29) is 6.03 Å². The van der Waals surface area contributed by atoms with E-state index >= 15 is 0 Å². The van der Waals surface area contributed by atoms with Crippen molar-refractivity contribution in [1.29, 1.82) is 0 Å². The summed E-state index contributed by atoms with van der Waals surface area (Å²) in [6.07, 6.45) is 3.64. The van der Waals surface area contributed by atoms with Crippen LogP contribution < -0.4 is 0 Å². The van der Waals surface area contributed by atoms with Crippen molar-refractivity contribution in [3.63, 3.8) is 0 Å². The zero-order chi connectivity index (χ0) is 22.3. The lowest BCUT2D eigenvalue weighted by Crippen LogP contribution is -2.52. The molecule has 0 saturated carbocycles. The lowest BCUT2D eigenvalue weighted by molar-refractivity contribution is 0.106. The number of pyridine rings is 1. The van der Waals surface area contributed by atoms with E-state index in [0.717, 1.165) is 30.8 Å². The number of carbonyl (C=O) groups excluding carboxylic acids is 1. The molecule has 0 aliphatic carbocycles. The Labute approximate surface area is 199 Å². The molecule has 0 spiro atoms. The minimum atomic E-state index is 0.0357. The van der Waals surface area contributed by atoms with Gasteiger partial charge in [-0.25, -0.2) is 4.79 Å². The van der Waals surface area contributed by atoms with Crippen molar-refractivity contribution in [2.45, 2.75) is 19.6 Å². The summed E-state index contributed by atoms with van der Waals surface area (Å²) in [6.45, 7) is 4.94. The molecule has 0 unspecified atom stereocenters. The first-order chi connectivity index (χ1) is 15.6. The van der Waals surface area contributed by atoms with Crippen molar-refractivity contribution in [2.24, 2.45) is 0 Å². The normalized spacial score (nSPS) is 14.4. The average Bonchev–Trinajstić information content (AvgIpc) is 2.79. The highest BCUT2D eigenvalue weighted by atomic mass is 35.5. The van der Waals surface area contributed by atoms with E-state index in [4.69, 9.17) is 23.2 Å². The van der Waals surface area contributed by atoms with Gasteiger partial charge in [0.1, 0.15) is 0 Å². The SMILES string of the molecule is O=C(N1CCN(Cc2ccncc2)CC1)N(Cc1cccc(Cl)c1)Cc1cccc(Cl)c1. The number of benzene rings is 2. The molecule has 1 aliphatic rings. The van der Waals surface area contributed by atoms with Gasteiger partial charge in [0.05, 0.1) is 0 Å². The van der Waals surface area contributed by atoms with Crippen molar-refractivity contribution in [3.05, 3.63) is 99.8 Å². The van der Waals surface area contributed by atoms with E-state index in [9.17, 15) is 4.79 Å². The molecule has 166 valence electrons. The smallest absolute Gasteiger partial charge is 0.320 e. The van der Waals surface area contributed by atoms with Gasteiger partial charge < -0.3 is 9.80 Å². The monoisotopic (exact) mass is 468 g/mol. The second-order valence-electron chi connectivity index (χ2n) is 8.02. The number of amides is 2. The number of urea groups is 1. The second-order valence-corrected chi connectivity index (χ2v) is 8.89. The van der Waals surface area contributed by atoms with Gasteiger partial charge in [0.15, 0.2) is 0 Å². The van der Waals surface area contributed by atoms with Crippen molar-refractivity contribution in [3.8, 4) is 0 Å². The molecular weight excluding hydrogens is 443 g/mol. The third-order valence-electron chi connectivity index (χ3n) is 5.59. The van der Waals surface area contributed by atoms with Crippen LogP contribution in [-0.4, -0.2) is 51.9 Å². The topological polar surface area (TPSA) is 39.7 Å². The molecule has 3 aromatic rings. The Morgan fingerprint density at radius 2 is 1.38 bits per heavy atom. The molecule has 4 rings (SSSR count). The number of nitrogens with zero attached hydrogens (tertiary/aromatic N) is 4. The predicted molar refractivity (Wildman–Crippen MR) is 129 cm³/mol. The summed E-state index contributed by atoms with van der Waals surface area (Å²) < 4.78 is 0. The van der Waals surface area contributed by atoms with Crippen molar-refractivity contribution < 1.29 is 4.79 Å². The van der Waals surface area contributed by atoms with E-state index in [1.807, 2.05) is 82.9 Å². The summed E-state index contributed by atoms with van der Waals surface area (Å²) in [7, 11) is 0. The fourth-order valence-corrected chi connectivity index (χ4v) is 4.37. The maximum absolute atomic E-state index is 13.5. The van der Waals surface area contributed by atoms with Crippen LogP contribution in [0.5, 0.6) is 0 Å². The number of hydrogen-bond acceptors (Lipinski definition) is 3. The Morgan fingerprint density at radius 3 is 1.91 bits per heavy atom. The van der Waals surface area contributed by atoms with Gasteiger partial charge in [0.2, 0.25) is 0 Å². The van der Waals surface area contributed by atoms with Crippen LogP contribution in [0, 0.1) is 0 Å². The molecule has 0 radical (unpaired) electrons. The van der Waals surface area contributed by atoms with Crippen LogP contribution >= 0.6 is 23.2 Å². The number of carbonyl (C=O) groups is 1. The maximum atomic E-state index is 13.5. The zero-order valence-electron chi connectivity index (χ0n) is 17.8. The average molecular weight is 469 g/mol. The Hall–Kier alpha value is -2.60. The van der Waals surface area contributed by atoms with Gasteiger partial charge in [-0.2, -0.15) is 0 Å². The fraction of sp³-hybridized carbons (Fsp3) is 0.280. The number of aromatic nitrogens is 1. The summed E-state index contributed by atoms with van der Waals surface area (Å²) >= 11 is 12.4. The van der Waals surface area contributed by atoms with Crippen LogP contribution in [0.15, 0.2) is 73.1 Å². The summed E-state index contributed by atoms with van der Waals surface area (Å²) in [6, 6.07) is 19.4. The zero-order valence-corrected chi connectivity index (χ0v) is 19.3. The fourth-order valence-electron chi connectivity index (χ4n) is 3.95. The van der Waals surface area contributed by atoms with Crippen LogP contribution in [0.4, 0.5) is 4.79 Å². The molecule has 1 fully saturated rings. The van der Waals surface area contributed by atoms with E-state index in [2.05, 4.69) is 9.88 Å². The van der Waals surface area contributed by atoms with Crippen LogP contribution in [-0.2, 0) is 19.6 Å². The highest BCUT2D eigenvalue weighted by molar-refractivity contribution is 6.30. The summed E-state index contributed by atoms with van der Waals surface area (Å²) in [5.41, 5.74) is 3.25. The highest BCUT2D eigenvalue weighted by Gasteiger charge is 2.25. The van der Waals surface area contributed by atoms with Crippen molar-refractivity contribution in [1.82, 2.24) is 19.7 Å². The third kappa shape index (κ3) is 6.22. The molecule has 7 heteroatoms. The van der Waals surface area contributed by atoms with Crippen LogP contribution in [0.25, 0.3) is 0 Å². The first-order valence-corrected chi connectivity index (χ1v) is 11.5. The van der Waals surface area contributed by atoms with E-state index < -0.39 is 0 Å². The number of piperazine rings is 1. The Bertz CT molecular complexity index is 991. The van der Waals surface area contributed by atoms with Gasteiger partial charge in [-0.15, -0.1) is 0 Å². The van der Waals surface area contributed by atoms with Gasteiger partial charge in [-0.05, 0) is 53.1 Å². The second kappa shape index (κ2) is 10.8. The van der Waals surface area contributed by atoms with Crippen molar-refractivity contribution in [2.75, 3.05) is 26.2 Å². The minimum absolute atomic E-state index is 0.0357. The molecule has 5 nitrogen and oxygen atoms in total.